The van der Waals surface area contributed by atoms with Gasteiger partial charge < -0.3 is 5.32 Å². The third-order valence-electron chi connectivity index (χ3n) is 4.91. The van der Waals surface area contributed by atoms with Gasteiger partial charge in [0, 0.05) is 7.05 Å². The van der Waals surface area contributed by atoms with Crippen LogP contribution in [0.1, 0.15) is 38.7 Å². The van der Waals surface area contributed by atoms with Crippen LogP contribution in [-0.4, -0.2) is 30.4 Å². The third kappa shape index (κ3) is 4.27. The lowest BCUT2D eigenvalue weighted by molar-refractivity contribution is -0.385. The summed E-state index contributed by atoms with van der Waals surface area (Å²) in [7, 11) is 1.49. The van der Waals surface area contributed by atoms with Crippen LogP contribution in [-0.2, 0) is 19.8 Å². The van der Waals surface area contributed by atoms with E-state index in [2.05, 4.69) is 15.5 Å². The van der Waals surface area contributed by atoms with Gasteiger partial charge in [-0.15, -0.1) is 0 Å². The largest absolute Gasteiger partial charge is 0.416 e. The molecule has 0 spiro atoms. The second-order valence-electron chi connectivity index (χ2n) is 7.02. The Morgan fingerprint density at radius 1 is 1.19 bits per heavy atom. The highest BCUT2D eigenvalue weighted by atomic mass is 19.4. The average molecular weight is 436 g/mol. The maximum atomic E-state index is 13.0. The molecule has 0 fully saturated rings. The maximum Gasteiger partial charge on any atom is 0.416 e. The van der Waals surface area contributed by atoms with Gasteiger partial charge >= 0.3 is 11.9 Å². The van der Waals surface area contributed by atoms with Gasteiger partial charge in [0.05, 0.1) is 34.1 Å². The smallest absolute Gasteiger partial charge is 0.317 e. The van der Waals surface area contributed by atoms with Crippen molar-refractivity contribution in [3.8, 4) is 0 Å². The molecule has 0 atom stereocenters. The molecule has 0 aliphatic rings. The van der Waals surface area contributed by atoms with Crippen molar-refractivity contribution in [2.24, 2.45) is 7.05 Å². The van der Waals surface area contributed by atoms with Crippen molar-refractivity contribution in [3.63, 3.8) is 0 Å². The summed E-state index contributed by atoms with van der Waals surface area (Å²) in [6.45, 7) is 4.78. The molecule has 2 heterocycles. The number of benzene rings is 1. The van der Waals surface area contributed by atoms with E-state index < -0.39 is 28.3 Å². The number of nitrogens with zero attached hydrogens (tertiary/aromatic N) is 5. The topological polar surface area (TPSA) is 108 Å². The molecule has 1 aromatic carbocycles. The zero-order chi connectivity index (χ0) is 23.1. The SMILES string of the molecule is Cc1nn(Cc2cccc(C(F)(F)F)c2)c(C)c1NC(=O)c1nn(C)c(C)c1[N+](=O)[O-]. The molecule has 2 aromatic heterocycles. The Morgan fingerprint density at radius 3 is 2.48 bits per heavy atom. The Bertz CT molecular complexity index is 1180. The molecule has 0 saturated heterocycles. The summed E-state index contributed by atoms with van der Waals surface area (Å²) in [6, 6.07) is 4.88. The Morgan fingerprint density at radius 2 is 1.87 bits per heavy atom. The van der Waals surface area contributed by atoms with Crippen LogP contribution < -0.4 is 5.32 Å². The normalized spacial score (nSPS) is 11.6. The van der Waals surface area contributed by atoms with E-state index >= 15 is 0 Å². The Balaban J connectivity index is 1.89. The molecule has 0 unspecified atom stereocenters. The first-order valence-electron chi connectivity index (χ1n) is 9.09. The first-order valence-corrected chi connectivity index (χ1v) is 9.09. The standard InChI is InChI=1S/C19H19F3N6O3/c1-10-15(23-18(29)16-17(28(30)31)12(3)26(4)25-16)11(2)27(24-10)9-13-6-5-7-14(8-13)19(20,21)22/h5-8H,9H2,1-4H3,(H,23,29). The predicted octanol–water partition coefficient (Wildman–Crippen LogP) is 3.77. The molecule has 3 rings (SSSR count). The summed E-state index contributed by atoms with van der Waals surface area (Å²) in [6.07, 6.45) is -4.46. The van der Waals surface area contributed by atoms with Gasteiger partial charge in [-0.2, -0.15) is 23.4 Å². The fraction of sp³-hybridized carbons (Fsp3) is 0.316. The lowest BCUT2D eigenvalue weighted by Gasteiger charge is -2.10. The molecule has 12 heteroatoms. The van der Waals surface area contributed by atoms with E-state index in [1.807, 2.05) is 0 Å². The predicted molar refractivity (Wildman–Crippen MR) is 105 cm³/mol. The molecule has 1 amide bonds. The minimum absolute atomic E-state index is 0.0509. The van der Waals surface area contributed by atoms with Gasteiger partial charge in [0.25, 0.3) is 5.91 Å². The summed E-state index contributed by atoms with van der Waals surface area (Å²) in [4.78, 5) is 23.3. The van der Waals surface area contributed by atoms with Crippen LogP contribution in [0.15, 0.2) is 24.3 Å². The number of halogens is 3. The highest BCUT2D eigenvalue weighted by Crippen LogP contribution is 2.30. The molecular formula is C19H19F3N6O3. The van der Waals surface area contributed by atoms with Gasteiger partial charge in [0.1, 0.15) is 5.69 Å². The monoisotopic (exact) mass is 436 g/mol. The number of alkyl halides is 3. The van der Waals surface area contributed by atoms with Crippen molar-refractivity contribution in [1.82, 2.24) is 19.6 Å². The van der Waals surface area contributed by atoms with Crippen molar-refractivity contribution in [1.29, 1.82) is 0 Å². The highest BCUT2D eigenvalue weighted by molar-refractivity contribution is 6.06. The minimum atomic E-state index is -4.46. The molecule has 9 nitrogen and oxygen atoms in total. The van der Waals surface area contributed by atoms with Crippen molar-refractivity contribution in [2.75, 3.05) is 5.32 Å². The van der Waals surface area contributed by atoms with E-state index in [1.165, 1.54) is 29.4 Å². The summed E-state index contributed by atoms with van der Waals surface area (Å²) < 4.78 is 41.6. The van der Waals surface area contributed by atoms with Gasteiger partial charge in [-0.1, -0.05) is 12.1 Å². The molecule has 1 N–H and O–H groups in total. The van der Waals surface area contributed by atoms with Gasteiger partial charge in [0.2, 0.25) is 5.69 Å². The van der Waals surface area contributed by atoms with Crippen LogP contribution in [0.5, 0.6) is 0 Å². The summed E-state index contributed by atoms with van der Waals surface area (Å²) in [5.41, 5.74) is 0.318. The number of rotatable bonds is 5. The number of aromatic nitrogens is 4. The molecule has 164 valence electrons. The lowest BCUT2D eigenvalue weighted by Crippen LogP contribution is -2.16. The number of hydrogen-bond acceptors (Lipinski definition) is 5. The van der Waals surface area contributed by atoms with Crippen molar-refractivity contribution in [3.05, 3.63) is 68.3 Å². The molecule has 0 bridgehead atoms. The number of anilines is 1. The molecule has 3 aromatic rings. The zero-order valence-electron chi connectivity index (χ0n) is 17.1. The summed E-state index contributed by atoms with van der Waals surface area (Å²) in [5.74, 6) is -0.778. The second kappa shape index (κ2) is 7.85. The van der Waals surface area contributed by atoms with E-state index in [1.54, 1.807) is 19.9 Å². The van der Waals surface area contributed by atoms with E-state index in [4.69, 9.17) is 0 Å². The molecule has 0 aliphatic heterocycles. The number of carbonyl (C=O) groups excluding carboxylic acids is 1. The van der Waals surface area contributed by atoms with Crippen molar-refractivity contribution >= 4 is 17.3 Å². The van der Waals surface area contributed by atoms with Gasteiger partial charge in [0.15, 0.2) is 0 Å². The van der Waals surface area contributed by atoms with Crippen LogP contribution in [0.4, 0.5) is 24.5 Å². The second-order valence-corrected chi connectivity index (χ2v) is 7.02. The Labute approximate surface area is 174 Å². The molecule has 0 aliphatic carbocycles. The van der Waals surface area contributed by atoms with Gasteiger partial charge in [-0.3, -0.25) is 24.3 Å². The lowest BCUT2D eigenvalue weighted by atomic mass is 10.1. The summed E-state index contributed by atoms with van der Waals surface area (Å²) in [5, 5.41) is 22.1. The van der Waals surface area contributed by atoms with Crippen LogP contribution >= 0.6 is 0 Å². The number of hydrogen-bond donors (Lipinski definition) is 1. The number of amides is 1. The van der Waals surface area contributed by atoms with E-state index in [-0.39, 0.29) is 17.9 Å². The zero-order valence-corrected chi connectivity index (χ0v) is 17.1. The van der Waals surface area contributed by atoms with Gasteiger partial charge in [-0.25, -0.2) is 0 Å². The quantitative estimate of drug-likeness (QED) is 0.484. The number of nitro groups is 1. The van der Waals surface area contributed by atoms with E-state index in [9.17, 15) is 28.1 Å². The summed E-state index contributed by atoms with van der Waals surface area (Å²) >= 11 is 0. The van der Waals surface area contributed by atoms with Crippen LogP contribution in [0.25, 0.3) is 0 Å². The van der Waals surface area contributed by atoms with Gasteiger partial charge in [-0.05, 0) is 38.5 Å². The first kappa shape index (κ1) is 22.0. The van der Waals surface area contributed by atoms with Crippen molar-refractivity contribution in [2.45, 2.75) is 33.5 Å². The van der Waals surface area contributed by atoms with Crippen molar-refractivity contribution < 1.29 is 22.9 Å². The average Bonchev–Trinajstić information content (AvgIpc) is 3.12. The number of aryl methyl sites for hydroxylation is 2. The minimum Gasteiger partial charge on any atom is -0.317 e. The molecule has 0 saturated carbocycles. The Kier molecular flexibility index (Phi) is 5.57. The molecular weight excluding hydrogens is 417 g/mol. The molecule has 0 radical (unpaired) electrons. The maximum absolute atomic E-state index is 13.0. The van der Waals surface area contributed by atoms with Crippen LogP contribution in [0.2, 0.25) is 0 Å². The number of carbonyl (C=O) groups is 1. The molecule has 31 heavy (non-hydrogen) atoms. The van der Waals surface area contributed by atoms with Crippen LogP contribution in [0, 0.1) is 30.9 Å². The van der Waals surface area contributed by atoms with Crippen LogP contribution in [0.3, 0.4) is 0 Å². The van der Waals surface area contributed by atoms with E-state index in [0.29, 0.717) is 22.6 Å². The number of nitrogens with one attached hydrogen (secondary N) is 1. The fourth-order valence-corrected chi connectivity index (χ4v) is 3.19. The first-order chi connectivity index (χ1) is 14.4. The Hall–Kier alpha value is -3.70. The third-order valence-corrected chi connectivity index (χ3v) is 4.91. The van der Waals surface area contributed by atoms with E-state index in [0.717, 1.165) is 12.1 Å². The highest BCUT2D eigenvalue weighted by Gasteiger charge is 2.31. The fourth-order valence-electron chi connectivity index (χ4n) is 3.19.